The quantitative estimate of drug-likeness (QED) is 0.319. The van der Waals surface area contributed by atoms with E-state index in [1.807, 2.05) is 0 Å². The van der Waals surface area contributed by atoms with E-state index in [9.17, 15) is 0 Å². The highest BCUT2D eigenvalue weighted by Crippen LogP contribution is 2.25. The molecule has 0 rings (SSSR count). The number of rotatable bonds is 7. The van der Waals surface area contributed by atoms with Crippen LogP contribution in [0.5, 0.6) is 0 Å². The molecule has 2 nitrogen and oxygen atoms in total. The van der Waals surface area contributed by atoms with E-state index in [1.165, 1.54) is 19.3 Å². The molecule has 0 aromatic carbocycles. The Bertz CT molecular complexity index is 146. The molecule has 5 heteroatoms. The number of halogens is 1. The third-order valence-corrected chi connectivity index (χ3v) is 3.35. The fourth-order valence-electron chi connectivity index (χ4n) is 1.01. The summed E-state index contributed by atoms with van der Waals surface area (Å²) in [6.45, 7) is 8.43. The van der Waals surface area contributed by atoms with Gasteiger partial charge in [-0.3, -0.25) is 0 Å². The van der Waals surface area contributed by atoms with Gasteiger partial charge in [-0.25, -0.2) is 0 Å². The molecule has 0 fully saturated rings. The topological polar surface area (TPSA) is 52.0 Å². The zero-order valence-electron chi connectivity index (χ0n) is 11.0. The van der Waals surface area contributed by atoms with Crippen molar-refractivity contribution in [2.24, 2.45) is 16.9 Å². The molecule has 4 N–H and O–H groups in total. The van der Waals surface area contributed by atoms with E-state index in [4.69, 9.17) is 11.5 Å². The minimum Gasteiger partial charge on any atom is -0.334 e. The lowest BCUT2D eigenvalue weighted by atomic mass is 9.85. The van der Waals surface area contributed by atoms with Crippen LogP contribution in [0.3, 0.4) is 0 Å². The molecule has 0 aliphatic heterocycles. The van der Waals surface area contributed by atoms with Crippen LogP contribution in [0.1, 0.15) is 46.5 Å². The molecule has 0 amide bonds. The maximum atomic E-state index is 5.39. The Balaban J connectivity index is 0. The smallest absolute Gasteiger partial charge is 0.0764 e. The van der Waals surface area contributed by atoms with Gasteiger partial charge in [0.2, 0.25) is 0 Å². The largest absolute Gasteiger partial charge is 0.334 e. The molecular formula is C11H28BIN2P-. The molecule has 0 saturated heterocycles. The van der Waals surface area contributed by atoms with Crippen molar-refractivity contribution in [2.45, 2.75) is 46.5 Å². The van der Waals surface area contributed by atoms with Gasteiger partial charge in [-0.2, -0.15) is 37.9 Å². The minimum absolute atomic E-state index is 0.513. The predicted molar refractivity (Wildman–Crippen MR) is 89.8 cm³/mol. The SMILES string of the molecule is CCC(C)(C)CCCN.NCC[CH-]B(P)I. The highest BCUT2D eigenvalue weighted by Gasteiger charge is 2.12. The van der Waals surface area contributed by atoms with E-state index in [0.717, 1.165) is 19.5 Å². The maximum absolute atomic E-state index is 5.39. The Hall–Kier alpha value is 1.14. The van der Waals surface area contributed by atoms with Gasteiger partial charge in [0.15, 0.2) is 0 Å². The van der Waals surface area contributed by atoms with E-state index in [1.54, 1.807) is 0 Å². The molecule has 0 saturated carbocycles. The molecule has 1 unspecified atom stereocenters. The molecule has 0 aromatic heterocycles. The summed E-state index contributed by atoms with van der Waals surface area (Å²) in [7, 11) is 2.68. The second-order valence-electron chi connectivity index (χ2n) is 4.67. The van der Waals surface area contributed by atoms with E-state index in [2.05, 4.69) is 58.6 Å². The molecule has 0 radical (unpaired) electrons. The average molecular weight is 357 g/mol. The summed E-state index contributed by atoms with van der Waals surface area (Å²) in [6.07, 6.45) is 6.89. The molecule has 1 atom stereocenters. The van der Waals surface area contributed by atoms with Crippen LogP contribution >= 0.6 is 31.5 Å². The van der Waals surface area contributed by atoms with Crippen molar-refractivity contribution >= 4 is 35.8 Å². The van der Waals surface area contributed by atoms with E-state index < -0.39 is 0 Å². The molecule has 0 heterocycles. The first-order valence-corrected chi connectivity index (χ1v) is 7.94. The van der Waals surface area contributed by atoms with E-state index in [0.29, 0.717) is 9.70 Å². The summed E-state index contributed by atoms with van der Waals surface area (Å²) in [5.74, 6) is 0. The molecule has 0 spiro atoms. The lowest BCUT2D eigenvalue weighted by molar-refractivity contribution is 0.315. The third-order valence-electron chi connectivity index (χ3n) is 2.57. The van der Waals surface area contributed by atoms with Gasteiger partial charge in [0.1, 0.15) is 0 Å². The molecule has 0 aliphatic rings. The predicted octanol–water partition coefficient (Wildman–Crippen LogP) is 3.04. The van der Waals surface area contributed by atoms with Gasteiger partial charge >= 0.3 is 0 Å². The zero-order chi connectivity index (χ0) is 13.0. The monoisotopic (exact) mass is 357 g/mol. The second-order valence-corrected chi connectivity index (χ2v) is 8.18. The zero-order valence-corrected chi connectivity index (χ0v) is 14.3. The van der Waals surface area contributed by atoms with Crippen LogP contribution in [0, 0.1) is 11.7 Å². The Morgan fingerprint density at radius 3 is 2.12 bits per heavy atom. The van der Waals surface area contributed by atoms with Crippen LogP contribution in [-0.4, -0.2) is 17.4 Å². The second kappa shape index (κ2) is 12.6. The van der Waals surface area contributed by atoms with Crippen LogP contribution in [0.15, 0.2) is 0 Å². The van der Waals surface area contributed by atoms with Crippen molar-refractivity contribution < 1.29 is 0 Å². The van der Waals surface area contributed by atoms with Crippen LogP contribution in [-0.2, 0) is 0 Å². The Morgan fingerprint density at radius 1 is 1.31 bits per heavy atom. The summed E-state index contributed by atoms with van der Waals surface area (Å²) < 4.78 is 0.584. The molecule has 0 bridgehead atoms. The fraction of sp³-hybridized carbons (Fsp3) is 0.909. The highest BCUT2D eigenvalue weighted by atomic mass is 127. The highest BCUT2D eigenvalue weighted by molar-refractivity contribution is 14.1. The molecule has 0 aromatic rings. The van der Waals surface area contributed by atoms with Gasteiger partial charge in [-0.1, -0.05) is 27.2 Å². The fourth-order valence-corrected chi connectivity index (χ4v) is 1.56. The van der Waals surface area contributed by atoms with Gasteiger partial charge in [0.25, 0.3) is 0 Å². The summed E-state index contributed by atoms with van der Waals surface area (Å²) in [6, 6.07) is 0. The Kier molecular flexibility index (Phi) is 15.3. The summed E-state index contributed by atoms with van der Waals surface area (Å²) in [5.41, 5.74) is 11.1. The van der Waals surface area contributed by atoms with Crippen molar-refractivity contribution in [1.29, 1.82) is 0 Å². The van der Waals surface area contributed by atoms with Crippen LogP contribution in [0.25, 0.3) is 0 Å². The van der Waals surface area contributed by atoms with Crippen LogP contribution < -0.4 is 11.5 Å². The van der Waals surface area contributed by atoms with Gasteiger partial charge in [0, 0.05) is 0 Å². The van der Waals surface area contributed by atoms with Crippen molar-refractivity contribution in [1.82, 2.24) is 0 Å². The minimum atomic E-state index is 0.513. The van der Waals surface area contributed by atoms with Crippen molar-refractivity contribution in [3.63, 3.8) is 0 Å². The maximum Gasteiger partial charge on any atom is 0.0764 e. The average Bonchev–Trinajstić information content (AvgIpc) is 2.24. The lowest BCUT2D eigenvalue weighted by Crippen LogP contribution is -2.12. The normalized spacial score (nSPS) is 10.7. The van der Waals surface area contributed by atoms with Gasteiger partial charge in [-0.15, -0.1) is 0 Å². The van der Waals surface area contributed by atoms with E-state index >= 15 is 0 Å². The Labute approximate surface area is 118 Å². The standard InChI is InChI=1S/C8H19N.C3H9BINP/c1-4-8(2,3)6-5-7-9;5-4(7)2-1-3-6/h4-7,9H2,1-3H3;2H,1,3,6-7H2/q;-1. The van der Waals surface area contributed by atoms with Crippen molar-refractivity contribution in [3.05, 3.63) is 6.32 Å². The number of hydrogen-bond acceptors (Lipinski definition) is 2. The first kappa shape index (κ1) is 19.5. The van der Waals surface area contributed by atoms with Crippen molar-refractivity contribution in [3.8, 4) is 0 Å². The Morgan fingerprint density at radius 2 is 1.88 bits per heavy atom. The number of hydrogen-bond donors (Lipinski definition) is 2. The van der Waals surface area contributed by atoms with Crippen LogP contribution in [0.4, 0.5) is 0 Å². The lowest BCUT2D eigenvalue weighted by Gasteiger charge is -2.21. The van der Waals surface area contributed by atoms with Gasteiger partial charge in [-0.05, 0) is 31.3 Å². The number of nitrogens with two attached hydrogens (primary N) is 2. The summed E-state index contributed by atoms with van der Waals surface area (Å²) in [4.78, 5) is 0. The molecular weight excluding hydrogens is 329 g/mol. The summed E-state index contributed by atoms with van der Waals surface area (Å²) >= 11 is 2.32. The van der Waals surface area contributed by atoms with Gasteiger partial charge < -0.3 is 17.8 Å². The van der Waals surface area contributed by atoms with Crippen molar-refractivity contribution in [2.75, 3.05) is 13.1 Å². The molecule has 0 aliphatic carbocycles. The van der Waals surface area contributed by atoms with Crippen LogP contribution in [0.2, 0.25) is 0 Å². The molecule has 16 heavy (non-hydrogen) atoms. The molecule has 98 valence electrons. The third kappa shape index (κ3) is 17.5. The summed E-state index contributed by atoms with van der Waals surface area (Å²) in [5, 5.41) is 0. The van der Waals surface area contributed by atoms with Gasteiger partial charge in [0.05, 0.1) is 4.29 Å². The first-order valence-electron chi connectivity index (χ1n) is 6.02. The van der Waals surface area contributed by atoms with E-state index in [-0.39, 0.29) is 0 Å². The first-order chi connectivity index (χ1) is 7.39.